The predicted molar refractivity (Wildman–Crippen MR) is 57.5 cm³/mol. The molecule has 2 rings (SSSR count). The van der Waals surface area contributed by atoms with Crippen LogP contribution < -0.4 is 0 Å². The fraction of sp³-hybridized carbons (Fsp3) is 0.417. The Kier molecular flexibility index (Phi) is 2.62. The van der Waals surface area contributed by atoms with Gasteiger partial charge >= 0.3 is 6.09 Å². The number of amides is 1. The van der Waals surface area contributed by atoms with Crippen molar-refractivity contribution in [2.75, 3.05) is 6.61 Å². The molecule has 1 aromatic carbocycles. The maximum atomic E-state index is 11.5. The minimum absolute atomic E-state index is 0.0682. The van der Waals surface area contributed by atoms with Gasteiger partial charge in [0.15, 0.2) is 0 Å². The highest BCUT2D eigenvalue weighted by Crippen LogP contribution is 2.29. The monoisotopic (exact) mass is 205 g/mol. The van der Waals surface area contributed by atoms with Crippen LogP contribution in [0.5, 0.6) is 0 Å². The van der Waals surface area contributed by atoms with E-state index in [1.807, 2.05) is 44.2 Å². The molecular weight excluding hydrogens is 190 g/mol. The molecule has 1 aliphatic heterocycles. The summed E-state index contributed by atoms with van der Waals surface area (Å²) >= 11 is 0. The lowest BCUT2D eigenvalue weighted by Gasteiger charge is -2.25. The second kappa shape index (κ2) is 3.93. The van der Waals surface area contributed by atoms with E-state index in [-0.39, 0.29) is 18.2 Å². The van der Waals surface area contributed by atoms with E-state index in [1.165, 1.54) is 0 Å². The van der Waals surface area contributed by atoms with Crippen LogP contribution in [0, 0.1) is 0 Å². The van der Waals surface area contributed by atoms with Gasteiger partial charge in [-0.15, -0.1) is 0 Å². The number of benzene rings is 1. The smallest absolute Gasteiger partial charge is 0.410 e. The van der Waals surface area contributed by atoms with E-state index in [0.29, 0.717) is 6.61 Å². The van der Waals surface area contributed by atoms with Crippen molar-refractivity contribution in [2.45, 2.75) is 25.9 Å². The SMILES string of the molecule is CC(C)N1C(=O)OC[C@H]1c1ccccc1. The highest BCUT2D eigenvalue weighted by molar-refractivity contribution is 5.70. The van der Waals surface area contributed by atoms with Crippen LogP contribution in [0.4, 0.5) is 4.79 Å². The lowest BCUT2D eigenvalue weighted by atomic mass is 10.1. The van der Waals surface area contributed by atoms with Gasteiger partial charge in [0.1, 0.15) is 6.61 Å². The molecule has 1 aliphatic rings. The fourth-order valence-electron chi connectivity index (χ4n) is 1.94. The quantitative estimate of drug-likeness (QED) is 0.742. The Balaban J connectivity index is 2.26. The van der Waals surface area contributed by atoms with Crippen LogP contribution in [0.25, 0.3) is 0 Å². The Bertz CT molecular complexity index is 348. The largest absolute Gasteiger partial charge is 0.447 e. The van der Waals surface area contributed by atoms with Crippen LogP contribution in [0.3, 0.4) is 0 Å². The third-order valence-corrected chi connectivity index (χ3v) is 2.65. The molecule has 1 fully saturated rings. The first-order valence-electron chi connectivity index (χ1n) is 5.20. The molecule has 0 unspecified atom stereocenters. The van der Waals surface area contributed by atoms with E-state index in [9.17, 15) is 4.79 Å². The number of cyclic esters (lactones) is 1. The van der Waals surface area contributed by atoms with Crippen molar-refractivity contribution in [3.8, 4) is 0 Å². The summed E-state index contributed by atoms with van der Waals surface area (Å²) in [7, 11) is 0. The number of carbonyl (C=O) groups is 1. The maximum absolute atomic E-state index is 11.5. The lowest BCUT2D eigenvalue weighted by Crippen LogP contribution is -2.33. The third kappa shape index (κ3) is 1.82. The topological polar surface area (TPSA) is 29.5 Å². The molecule has 1 saturated heterocycles. The summed E-state index contributed by atoms with van der Waals surface area (Å²) in [5.41, 5.74) is 1.14. The number of ether oxygens (including phenoxy) is 1. The Morgan fingerprint density at radius 3 is 2.60 bits per heavy atom. The minimum Gasteiger partial charge on any atom is -0.447 e. The number of hydrogen-bond donors (Lipinski definition) is 0. The standard InChI is InChI=1S/C12H15NO2/c1-9(2)13-11(8-15-12(13)14)10-6-4-3-5-7-10/h3-7,9,11H,8H2,1-2H3/t11-/m0/s1. The zero-order valence-corrected chi connectivity index (χ0v) is 9.01. The molecule has 0 spiro atoms. The van der Waals surface area contributed by atoms with Gasteiger partial charge < -0.3 is 4.74 Å². The zero-order valence-electron chi connectivity index (χ0n) is 9.01. The summed E-state index contributed by atoms with van der Waals surface area (Å²) in [5.74, 6) is 0. The molecule has 0 bridgehead atoms. The molecule has 15 heavy (non-hydrogen) atoms. The van der Waals surface area contributed by atoms with Gasteiger partial charge in [0, 0.05) is 6.04 Å². The van der Waals surface area contributed by atoms with Crippen molar-refractivity contribution in [3.05, 3.63) is 35.9 Å². The zero-order chi connectivity index (χ0) is 10.8. The van der Waals surface area contributed by atoms with Gasteiger partial charge in [0.25, 0.3) is 0 Å². The van der Waals surface area contributed by atoms with Crippen LogP contribution in [0.15, 0.2) is 30.3 Å². The summed E-state index contributed by atoms with van der Waals surface area (Å²) in [5, 5.41) is 0. The van der Waals surface area contributed by atoms with Crippen molar-refractivity contribution in [3.63, 3.8) is 0 Å². The molecule has 0 aliphatic carbocycles. The van der Waals surface area contributed by atoms with Crippen molar-refractivity contribution >= 4 is 6.09 Å². The Morgan fingerprint density at radius 1 is 1.33 bits per heavy atom. The number of hydrogen-bond acceptors (Lipinski definition) is 2. The molecule has 80 valence electrons. The second-order valence-corrected chi connectivity index (χ2v) is 4.00. The van der Waals surface area contributed by atoms with E-state index in [1.54, 1.807) is 4.90 Å². The second-order valence-electron chi connectivity index (χ2n) is 4.00. The van der Waals surface area contributed by atoms with Crippen molar-refractivity contribution in [2.24, 2.45) is 0 Å². The predicted octanol–water partition coefficient (Wildman–Crippen LogP) is 2.59. The molecular formula is C12H15NO2. The van der Waals surface area contributed by atoms with Crippen molar-refractivity contribution in [1.82, 2.24) is 4.90 Å². The summed E-state index contributed by atoms with van der Waals surface area (Å²) in [6.45, 7) is 4.46. The lowest BCUT2D eigenvalue weighted by molar-refractivity contribution is 0.149. The van der Waals surface area contributed by atoms with Crippen LogP contribution in [-0.2, 0) is 4.74 Å². The molecule has 1 amide bonds. The number of nitrogens with zero attached hydrogens (tertiary/aromatic N) is 1. The van der Waals surface area contributed by atoms with Crippen molar-refractivity contribution in [1.29, 1.82) is 0 Å². The molecule has 1 aromatic rings. The molecule has 0 N–H and O–H groups in total. The van der Waals surface area contributed by atoms with Gasteiger partial charge in [-0.2, -0.15) is 0 Å². The molecule has 0 radical (unpaired) electrons. The summed E-state index contributed by atoms with van der Waals surface area (Å²) in [6, 6.07) is 10.2. The summed E-state index contributed by atoms with van der Waals surface area (Å²) in [6.07, 6.45) is -0.209. The van der Waals surface area contributed by atoms with E-state index < -0.39 is 0 Å². The minimum atomic E-state index is -0.209. The first kappa shape index (κ1) is 10.0. The maximum Gasteiger partial charge on any atom is 0.410 e. The van der Waals surface area contributed by atoms with E-state index >= 15 is 0 Å². The number of carbonyl (C=O) groups excluding carboxylic acids is 1. The Hall–Kier alpha value is -1.51. The average molecular weight is 205 g/mol. The van der Waals surface area contributed by atoms with E-state index in [2.05, 4.69) is 0 Å². The van der Waals surface area contributed by atoms with E-state index in [4.69, 9.17) is 4.74 Å². The molecule has 1 heterocycles. The van der Waals surface area contributed by atoms with Gasteiger partial charge in [0.2, 0.25) is 0 Å². The third-order valence-electron chi connectivity index (χ3n) is 2.65. The van der Waals surface area contributed by atoms with Crippen molar-refractivity contribution < 1.29 is 9.53 Å². The van der Waals surface area contributed by atoms with Crippen LogP contribution in [-0.4, -0.2) is 23.6 Å². The van der Waals surface area contributed by atoms with Crippen LogP contribution in [0.2, 0.25) is 0 Å². The summed E-state index contributed by atoms with van der Waals surface area (Å²) in [4.78, 5) is 13.3. The highest BCUT2D eigenvalue weighted by Gasteiger charge is 2.35. The first-order chi connectivity index (χ1) is 7.20. The van der Waals surface area contributed by atoms with Gasteiger partial charge in [-0.1, -0.05) is 30.3 Å². The molecule has 0 aromatic heterocycles. The average Bonchev–Trinajstić information content (AvgIpc) is 2.61. The summed E-state index contributed by atoms with van der Waals surface area (Å²) < 4.78 is 5.08. The Morgan fingerprint density at radius 2 is 2.00 bits per heavy atom. The fourth-order valence-corrected chi connectivity index (χ4v) is 1.94. The van der Waals surface area contributed by atoms with Crippen LogP contribution >= 0.6 is 0 Å². The molecule has 3 nitrogen and oxygen atoms in total. The molecule has 0 saturated carbocycles. The number of rotatable bonds is 2. The van der Waals surface area contributed by atoms with Gasteiger partial charge in [-0.3, -0.25) is 4.90 Å². The highest BCUT2D eigenvalue weighted by atomic mass is 16.6. The van der Waals surface area contributed by atoms with Crippen LogP contribution in [0.1, 0.15) is 25.5 Å². The van der Waals surface area contributed by atoms with Gasteiger partial charge in [-0.05, 0) is 19.4 Å². The Labute approximate surface area is 89.7 Å². The van der Waals surface area contributed by atoms with Gasteiger partial charge in [-0.25, -0.2) is 4.79 Å². The van der Waals surface area contributed by atoms with Gasteiger partial charge in [0.05, 0.1) is 6.04 Å². The first-order valence-corrected chi connectivity index (χ1v) is 5.20. The normalized spacial score (nSPS) is 20.9. The molecule has 1 atom stereocenters. The van der Waals surface area contributed by atoms with E-state index in [0.717, 1.165) is 5.56 Å². The molecule has 3 heteroatoms.